The van der Waals surface area contributed by atoms with Crippen LogP contribution in [0.1, 0.15) is 12.8 Å². The molecule has 2 N–H and O–H groups in total. The van der Waals surface area contributed by atoms with Crippen molar-refractivity contribution in [2.45, 2.75) is 12.8 Å². The zero-order valence-electron chi connectivity index (χ0n) is 9.26. The number of sulfone groups is 1. The minimum atomic E-state index is -2.96. The molecule has 2 saturated heterocycles. The third kappa shape index (κ3) is 2.38. The molecular weight excluding hydrogens is 228 g/mol. The molecule has 2 atom stereocenters. The molecule has 0 aliphatic carbocycles. The zero-order valence-corrected chi connectivity index (χ0v) is 10.1. The van der Waals surface area contributed by atoms with E-state index in [9.17, 15) is 13.2 Å². The number of hydrogen-bond acceptors (Lipinski definition) is 4. The van der Waals surface area contributed by atoms with Crippen LogP contribution in [0.15, 0.2) is 0 Å². The second-order valence-corrected chi connectivity index (χ2v) is 7.00. The smallest absolute Gasteiger partial charge is 0.226 e. The number of hydrogen-bond donors (Lipinski definition) is 1. The molecule has 0 aromatic heterocycles. The van der Waals surface area contributed by atoms with Crippen molar-refractivity contribution >= 4 is 15.7 Å². The lowest BCUT2D eigenvalue weighted by atomic mass is 10.1. The summed E-state index contributed by atoms with van der Waals surface area (Å²) in [7, 11) is -2.96. The standard InChI is InChI=1S/C10H18N2O3S/c11-5-8-1-3-12(6-8)10(13)9-2-4-16(14,15)7-9/h8-9H,1-7,11H2. The number of nitrogens with two attached hydrogens (primary N) is 1. The Balaban J connectivity index is 1.94. The topological polar surface area (TPSA) is 80.5 Å². The van der Waals surface area contributed by atoms with Crippen LogP contribution < -0.4 is 5.73 Å². The van der Waals surface area contributed by atoms with Gasteiger partial charge in [-0.05, 0) is 25.3 Å². The Morgan fingerprint density at radius 2 is 2.12 bits per heavy atom. The predicted octanol–water partition coefficient (Wildman–Crippen LogP) is -0.772. The van der Waals surface area contributed by atoms with Crippen LogP contribution >= 0.6 is 0 Å². The van der Waals surface area contributed by atoms with E-state index in [4.69, 9.17) is 5.73 Å². The summed E-state index contributed by atoms with van der Waals surface area (Å²) in [5, 5.41) is 0. The van der Waals surface area contributed by atoms with Crippen LogP contribution in [0.25, 0.3) is 0 Å². The van der Waals surface area contributed by atoms with Gasteiger partial charge < -0.3 is 10.6 Å². The average molecular weight is 246 g/mol. The van der Waals surface area contributed by atoms with Crippen molar-refractivity contribution in [1.82, 2.24) is 4.90 Å². The molecule has 6 heteroatoms. The SMILES string of the molecule is NCC1CCN(C(=O)C2CCS(=O)(=O)C2)C1. The highest BCUT2D eigenvalue weighted by molar-refractivity contribution is 7.91. The van der Waals surface area contributed by atoms with Crippen molar-refractivity contribution < 1.29 is 13.2 Å². The van der Waals surface area contributed by atoms with E-state index in [1.54, 1.807) is 4.90 Å². The summed E-state index contributed by atoms with van der Waals surface area (Å²) in [6, 6.07) is 0. The van der Waals surface area contributed by atoms with Gasteiger partial charge >= 0.3 is 0 Å². The van der Waals surface area contributed by atoms with Crippen molar-refractivity contribution in [2.75, 3.05) is 31.1 Å². The van der Waals surface area contributed by atoms with E-state index < -0.39 is 9.84 Å². The molecule has 0 aromatic rings. The number of carbonyl (C=O) groups excluding carboxylic acids is 1. The average Bonchev–Trinajstić information content (AvgIpc) is 2.83. The molecule has 0 saturated carbocycles. The molecule has 2 aliphatic heterocycles. The third-order valence-corrected chi connectivity index (χ3v) is 5.28. The lowest BCUT2D eigenvalue weighted by Crippen LogP contribution is -2.35. The van der Waals surface area contributed by atoms with Gasteiger partial charge in [-0.25, -0.2) is 8.42 Å². The van der Waals surface area contributed by atoms with Gasteiger partial charge in [-0.15, -0.1) is 0 Å². The maximum Gasteiger partial charge on any atom is 0.226 e. The van der Waals surface area contributed by atoms with E-state index in [1.165, 1.54) is 0 Å². The second kappa shape index (κ2) is 4.33. The van der Waals surface area contributed by atoms with E-state index in [0.29, 0.717) is 25.4 Å². The highest BCUT2D eigenvalue weighted by Crippen LogP contribution is 2.24. The third-order valence-electron chi connectivity index (χ3n) is 3.51. The fraction of sp³-hybridized carbons (Fsp3) is 0.900. The van der Waals surface area contributed by atoms with Gasteiger partial charge in [-0.3, -0.25) is 4.79 Å². The van der Waals surface area contributed by atoms with Gasteiger partial charge in [0.1, 0.15) is 0 Å². The zero-order chi connectivity index (χ0) is 11.8. The van der Waals surface area contributed by atoms with Crippen LogP contribution in [-0.4, -0.2) is 50.4 Å². The molecule has 0 spiro atoms. The van der Waals surface area contributed by atoms with E-state index in [2.05, 4.69) is 0 Å². The van der Waals surface area contributed by atoms with Crippen molar-refractivity contribution in [3.63, 3.8) is 0 Å². The number of likely N-dealkylation sites (tertiary alicyclic amines) is 1. The molecule has 0 radical (unpaired) electrons. The largest absolute Gasteiger partial charge is 0.342 e. The lowest BCUT2D eigenvalue weighted by molar-refractivity contribution is -0.133. The van der Waals surface area contributed by atoms with E-state index in [0.717, 1.165) is 13.0 Å². The molecule has 5 nitrogen and oxygen atoms in total. The quantitative estimate of drug-likeness (QED) is 0.693. The molecule has 16 heavy (non-hydrogen) atoms. The monoisotopic (exact) mass is 246 g/mol. The summed E-state index contributed by atoms with van der Waals surface area (Å²) in [5.74, 6) is 0.299. The molecule has 2 fully saturated rings. The Kier molecular flexibility index (Phi) is 3.21. The molecule has 2 heterocycles. The number of rotatable bonds is 2. The van der Waals surface area contributed by atoms with Crippen LogP contribution in [0, 0.1) is 11.8 Å². The molecule has 0 bridgehead atoms. The summed E-state index contributed by atoms with van der Waals surface area (Å²) < 4.78 is 22.6. The predicted molar refractivity (Wildman–Crippen MR) is 60.5 cm³/mol. The highest BCUT2D eigenvalue weighted by Gasteiger charge is 2.37. The number of amides is 1. The molecule has 92 valence electrons. The van der Waals surface area contributed by atoms with Gasteiger partial charge in [-0.2, -0.15) is 0 Å². The number of nitrogens with zero attached hydrogens (tertiary/aromatic N) is 1. The van der Waals surface area contributed by atoms with Crippen LogP contribution in [0.4, 0.5) is 0 Å². The minimum absolute atomic E-state index is 0.0111. The van der Waals surface area contributed by atoms with E-state index >= 15 is 0 Å². The Bertz CT molecular complexity index is 380. The first-order valence-electron chi connectivity index (χ1n) is 5.71. The first-order valence-corrected chi connectivity index (χ1v) is 7.53. The van der Waals surface area contributed by atoms with E-state index in [1.807, 2.05) is 0 Å². The Hall–Kier alpha value is -0.620. The molecule has 0 aromatic carbocycles. The lowest BCUT2D eigenvalue weighted by Gasteiger charge is -2.19. The van der Waals surface area contributed by atoms with Gasteiger partial charge in [-0.1, -0.05) is 0 Å². The highest BCUT2D eigenvalue weighted by atomic mass is 32.2. The van der Waals surface area contributed by atoms with Crippen LogP contribution in [0.2, 0.25) is 0 Å². The van der Waals surface area contributed by atoms with Gasteiger partial charge in [0.15, 0.2) is 9.84 Å². The van der Waals surface area contributed by atoms with Gasteiger partial charge in [0.25, 0.3) is 0 Å². The minimum Gasteiger partial charge on any atom is -0.342 e. The van der Waals surface area contributed by atoms with Gasteiger partial charge in [0.2, 0.25) is 5.91 Å². The molecule has 1 amide bonds. The maximum atomic E-state index is 12.0. The summed E-state index contributed by atoms with van der Waals surface area (Å²) in [6.45, 7) is 2.04. The van der Waals surface area contributed by atoms with E-state index in [-0.39, 0.29) is 23.3 Å². The normalized spacial score (nSPS) is 33.2. The Labute approximate surface area is 95.9 Å². The van der Waals surface area contributed by atoms with Crippen molar-refractivity contribution in [3.05, 3.63) is 0 Å². The maximum absolute atomic E-state index is 12.0. The summed E-state index contributed by atoms with van der Waals surface area (Å²) in [6.07, 6.45) is 1.44. The Morgan fingerprint density at radius 3 is 2.62 bits per heavy atom. The van der Waals surface area contributed by atoms with Gasteiger partial charge in [0.05, 0.1) is 17.4 Å². The van der Waals surface area contributed by atoms with Crippen LogP contribution in [0.5, 0.6) is 0 Å². The van der Waals surface area contributed by atoms with Crippen LogP contribution in [0.3, 0.4) is 0 Å². The fourth-order valence-corrected chi connectivity index (χ4v) is 4.21. The van der Waals surface area contributed by atoms with Crippen molar-refractivity contribution in [1.29, 1.82) is 0 Å². The summed E-state index contributed by atoms with van der Waals surface area (Å²) in [5.41, 5.74) is 5.56. The first-order chi connectivity index (χ1) is 7.52. The van der Waals surface area contributed by atoms with Crippen molar-refractivity contribution in [3.8, 4) is 0 Å². The summed E-state index contributed by atoms with van der Waals surface area (Å²) >= 11 is 0. The molecule has 2 unspecified atom stereocenters. The van der Waals surface area contributed by atoms with Crippen molar-refractivity contribution in [2.24, 2.45) is 17.6 Å². The molecule has 2 rings (SSSR count). The molecule has 2 aliphatic rings. The fourth-order valence-electron chi connectivity index (χ4n) is 2.47. The van der Waals surface area contributed by atoms with Crippen LogP contribution in [-0.2, 0) is 14.6 Å². The second-order valence-electron chi connectivity index (χ2n) is 4.77. The van der Waals surface area contributed by atoms with Gasteiger partial charge in [0, 0.05) is 13.1 Å². The Morgan fingerprint density at radius 1 is 1.38 bits per heavy atom. The number of carbonyl (C=O) groups is 1. The molecular formula is C10H18N2O3S. The first kappa shape index (κ1) is 11.9. The summed E-state index contributed by atoms with van der Waals surface area (Å²) in [4.78, 5) is 13.8.